The summed E-state index contributed by atoms with van der Waals surface area (Å²) in [6.45, 7) is 4.62. The number of sulfonamides is 1. The van der Waals surface area contributed by atoms with Gasteiger partial charge in [0.05, 0.1) is 4.90 Å². The molecule has 0 aliphatic heterocycles. The molecule has 2 aliphatic rings. The Balaban J connectivity index is 1.84. The second kappa shape index (κ2) is 5.65. The highest BCUT2D eigenvalue weighted by Gasteiger charge is 2.37. The Kier molecular flexibility index (Phi) is 4.16. The molecule has 4 nitrogen and oxygen atoms in total. The smallest absolute Gasteiger partial charge is 0.241 e. The molecule has 0 aromatic heterocycles. The fourth-order valence-corrected chi connectivity index (χ4v) is 4.70. The quantitative estimate of drug-likeness (QED) is 0.806. The number of nitrogens with one attached hydrogen (secondary N) is 2. The summed E-state index contributed by atoms with van der Waals surface area (Å²) in [5, 5.41) is 3.42. The fraction of sp³-hybridized carbons (Fsp3) is 0.600. The Bertz CT molecular complexity index is 656. The molecule has 6 heteroatoms. The molecule has 2 fully saturated rings. The third kappa shape index (κ3) is 3.67. The van der Waals surface area contributed by atoms with Gasteiger partial charge in [-0.15, -0.1) is 0 Å². The summed E-state index contributed by atoms with van der Waals surface area (Å²) < 4.78 is 28.8. The minimum atomic E-state index is -3.44. The van der Waals surface area contributed by atoms with Crippen LogP contribution in [0.15, 0.2) is 21.5 Å². The topological polar surface area (TPSA) is 58.2 Å². The monoisotopic (exact) mass is 372 g/mol. The van der Waals surface area contributed by atoms with E-state index in [2.05, 4.69) is 32.9 Å². The maximum absolute atomic E-state index is 12.6. The molecule has 2 N–H and O–H groups in total. The van der Waals surface area contributed by atoms with Crippen molar-refractivity contribution in [1.82, 2.24) is 10.0 Å². The van der Waals surface area contributed by atoms with E-state index in [0.29, 0.717) is 23.4 Å². The molecule has 1 aromatic carbocycles. The minimum absolute atomic E-state index is 0.0985. The lowest BCUT2D eigenvalue weighted by Gasteiger charge is -2.13. The SMILES string of the molecule is Cc1c(Br)cc(CNC2CC2)cc1S(=O)(=O)NC1CC1C. The van der Waals surface area contributed by atoms with E-state index in [1.54, 1.807) is 6.07 Å². The van der Waals surface area contributed by atoms with Crippen LogP contribution in [0.3, 0.4) is 0 Å². The van der Waals surface area contributed by atoms with Crippen LogP contribution in [-0.2, 0) is 16.6 Å². The Morgan fingerprint density at radius 2 is 2.00 bits per heavy atom. The van der Waals surface area contributed by atoms with Crippen molar-refractivity contribution < 1.29 is 8.42 Å². The van der Waals surface area contributed by atoms with Gasteiger partial charge in [-0.2, -0.15) is 0 Å². The summed E-state index contributed by atoms with van der Waals surface area (Å²) in [6.07, 6.45) is 3.38. The van der Waals surface area contributed by atoms with Crippen LogP contribution < -0.4 is 10.0 Å². The van der Waals surface area contributed by atoms with Crippen molar-refractivity contribution in [2.24, 2.45) is 5.92 Å². The first-order chi connectivity index (χ1) is 9.87. The van der Waals surface area contributed by atoms with Crippen molar-refractivity contribution in [3.05, 3.63) is 27.7 Å². The molecule has 3 rings (SSSR count). The van der Waals surface area contributed by atoms with Gasteiger partial charge in [-0.1, -0.05) is 22.9 Å². The molecule has 0 amide bonds. The molecule has 0 bridgehead atoms. The Hall–Kier alpha value is -0.430. The predicted molar refractivity (Wildman–Crippen MR) is 86.6 cm³/mol. The molecular formula is C15H21BrN2O2S. The molecular weight excluding hydrogens is 352 g/mol. The van der Waals surface area contributed by atoms with Gasteiger partial charge in [0.25, 0.3) is 0 Å². The average Bonchev–Trinajstić information content (AvgIpc) is 3.30. The van der Waals surface area contributed by atoms with Crippen LogP contribution in [0.5, 0.6) is 0 Å². The van der Waals surface area contributed by atoms with E-state index >= 15 is 0 Å². The van der Waals surface area contributed by atoms with Crippen molar-refractivity contribution in [3.8, 4) is 0 Å². The van der Waals surface area contributed by atoms with Gasteiger partial charge in [-0.25, -0.2) is 13.1 Å². The van der Waals surface area contributed by atoms with Gasteiger partial charge in [-0.05, 0) is 55.4 Å². The molecule has 2 aliphatic carbocycles. The largest absolute Gasteiger partial charge is 0.310 e. The predicted octanol–water partition coefficient (Wildman–Crippen LogP) is 2.70. The van der Waals surface area contributed by atoms with E-state index in [-0.39, 0.29) is 6.04 Å². The summed E-state index contributed by atoms with van der Waals surface area (Å²) in [6, 6.07) is 4.51. The van der Waals surface area contributed by atoms with Crippen LogP contribution in [0.2, 0.25) is 0 Å². The van der Waals surface area contributed by atoms with Crippen LogP contribution in [0.1, 0.15) is 37.3 Å². The molecule has 2 saturated carbocycles. The lowest BCUT2D eigenvalue weighted by Crippen LogP contribution is -2.28. The number of benzene rings is 1. The maximum Gasteiger partial charge on any atom is 0.241 e. The molecule has 2 unspecified atom stereocenters. The van der Waals surface area contributed by atoms with Crippen molar-refractivity contribution in [2.75, 3.05) is 0 Å². The molecule has 0 spiro atoms. The fourth-order valence-electron chi connectivity index (χ4n) is 2.39. The van der Waals surface area contributed by atoms with E-state index < -0.39 is 10.0 Å². The summed E-state index contributed by atoms with van der Waals surface area (Å²) in [5.74, 6) is 0.447. The summed E-state index contributed by atoms with van der Waals surface area (Å²) in [4.78, 5) is 0.392. The number of rotatable bonds is 6. The Morgan fingerprint density at radius 3 is 2.57 bits per heavy atom. The van der Waals surface area contributed by atoms with E-state index in [1.165, 1.54) is 12.8 Å². The van der Waals surface area contributed by atoms with Gasteiger partial charge in [0.2, 0.25) is 10.0 Å². The second-order valence-electron chi connectivity index (χ2n) is 6.30. The lowest BCUT2D eigenvalue weighted by molar-refractivity contribution is 0.577. The van der Waals surface area contributed by atoms with Crippen LogP contribution in [-0.4, -0.2) is 20.5 Å². The molecule has 0 radical (unpaired) electrons. The van der Waals surface area contributed by atoms with E-state index in [0.717, 1.165) is 22.0 Å². The highest BCUT2D eigenvalue weighted by molar-refractivity contribution is 9.10. The highest BCUT2D eigenvalue weighted by Crippen LogP contribution is 2.32. The number of hydrogen-bond donors (Lipinski definition) is 2. The highest BCUT2D eigenvalue weighted by atomic mass is 79.9. The molecule has 0 saturated heterocycles. The molecule has 21 heavy (non-hydrogen) atoms. The van der Waals surface area contributed by atoms with Gasteiger partial charge in [0, 0.05) is 23.1 Å². The lowest BCUT2D eigenvalue weighted by atomic mass is 10.1. The van der Waals surface area contributed by atoms with E-state index in [1.807, 2.05) is 13.0 Å². The first-order valence-electron chi connectivity index (χ1n) is 7.41. The zero-order chi connectivity index (χ0) is 15.2. The molecule has 1 aromatic rings. The van der Waals surface area contributed by atoms with Gasteiger partial charge in [0.1, 0.15) is 0 Å². The summed E-state index contributed by atoms with van der Waals surface area (Å²) >= 11 is 3.49. The van der Waals surface area contributed by atoms with Gasteiger partial charge in [0.15, 0.2) is 0 Å². The molecule has 116 valence electrons. The van der Waals surface area contributed by atoms with Crippen LogP contribution >= 0.6 is 15.9 Å². The third-order valence-corrected chi connectivity index (χ3v) is 6.67. The average molecular weight is 373 g/mol. The first kappa shape index (κ1) is 15.5. The van der Waals surface area contributed by atoms with E-state index in [4.69, 9.17) is 0 Å². The Morgan fingerprint density at radius 1 is 1.33 bits per heavy atom. The maximum atomic E-state index is 12.6. The standard InChI is InChI=1S/C15H21BrN2O2S/c1-9-5-14(9)18-21(19,20)15-7-11(6-13(16)10(15)2)8-17-12-3-4-12/h6-7,9,12,14,17-18H,3-5,8H2,1-2H3. The number of halogens is 1. The van der Waals surface area contributed by atoms with Gasteiger partial charge >= 0.3 is 0 Å². The number of hydrogen-bond acceptors (Lipinski definition) is 3. The third-order valence-electron chi connectivity index (χ3n) is 4.23. The minimum Gasteiger partial charge on any atom is -0.310 e. The second-order valence-corrected chi connectivity index (χ2v) is 8.83. The van der Waals surface area contributed by atoms with Crippen LogP contribution in [0, 0.1) is 12.8 Å². The van der Waals surface area contributed by atoms with Crippen molar-refractivity contribution in [2.45, 2.75) is 56.6 Å². The zero-order valence-corrected chi connectivity index (χ0v) is 14.7. The summed E-state index contributed by atoms with van der Waals surface area (Å²) in [7, 11) is -3.44. The van der Waals surface area contributed by atoms with Crippen LogP contribution in [0.25, 0.3) is 0 Å². The van der Waals surface area contributed by atoms with Gasteiger partial charge < -0.3 is 5.32 Å². The first-order valence-corrected chi connectivity index (χ1v) is 9.69. The van der Waals surface area contributed by atoms with E-state index in [9.17, 15) is 8.42 Å². The van der Waals surface area contributed by atoms with Crippen molar-refractivity contribution in [1.29, 1.82) is 0 Å². The molecule has 2 atom stereocenters. The molecule has 0 heterocycles. The summed E-state index contributed by atoms with van der Waals surface area (Å²) in [5.41, 5.74) is 1.77. The van der Waals surface area contributed by atoms with Crippen molar-refractivity contribution >= 4 is 26.0 Å². The van der Waals surface area contributed by atoms with Crippen LogP contribution in [0.4, 0.5) is 0 Å². The van der Waals surface area contributed by atoms with Gasteiger partial charge in [-0.3, -0.25) is 0 Å². The Labute approximate surface area is 134 Å². The normalized spacial score (nSPS) is 25.1. The zero-order valence-electron chi connectivity index (χ0n) is 12.3. The van der Waals surface area contributed by atoms with Crippen molar-refractivity contribution in [3.63, 3.8) is 0 Å².